The van der Waals surface area contributed by atoms with Crippen LogP contribution in [-0.4, -0.2) is 14.5 Å². The van der Waals surface area contributed by atoms with Gasteiger partial charge in [0.1, 0.15) is 5.65 Å². The Bertz CT molecular complexity index is 528. The van der Waals surface area contributed by atoms with Crippen LogP contribution in [0.15, 0.2) is 18.3 Å². The molecule has 0 aliphatic rings. The topological polar surface area (TPSA) is 37.5 Å². The van der Waals surface area contributed by atoms with Crippen molar-refractivity contribution in [2.24, 2.45) is 0 Å². The third-order valence-corrected chi connectivity index (χ3v) is 3.16. The molecule has 0 aliphatic heterocycles. The lowest BCUT2D eigenvalue weighted by Crippen LogP contribution is -2.05. The van der Waals surface area contributed by atoms with E-state index < -0.39 is 6.10 Å². The Kier molecular flexibility index (Phi) is 3.20. The largest absolute Gasteiger partial charge is 0.387 e. The minimum Gasteiger partial charge on any atom is -0.387 e. The van der Waals surface area contributed by atoms with Crippen LogP contribution in [0.3, 0.4) is 0 Å². The molecule has 2 aromatic heterocycles. The van der Waals surface area contributed by atoms with Crippen LogP contribution >= 0.6 is 0 Å². The Hall–Kier alpha value is -1.35. The van der Waals surface area contributed by atoms with Gasteiger partial charge in [-0.3, -0.25) is 0 Å². The monoisotopic (exact) mass is 232 g/mol. The molecule has 0 amide bonds. The van der Waals surface area contributed by atoms with Crippen molar-refractivity contribution in [3.8, 4) is 0 Å². The quantitative estimate of drug-likeness (QED) is 0.882. The zero-order chi connectivity index (χ0) is 12.6. The van der Waals surface area contributed by atoms with Crippen molar-refractivity contribution < 1.29 is 5.11 Å². The highest BCUT2D eigenvalue weighted by Crippen LogP contribution is 2.28. The van der Waals surface area contributed by atoms with Gasteiger partial charge in [0.25, 0.3) is 0 Å². The molecule has 0 fully saturated rings. The van der Waals surface area contributed by atoms with E-state index in [1.165, 1.54) is 0 Å². The van der Waals surface area contributed by atoms with E-state index in [0.29, 0.717) is 12.3 Å². The Morgan fingerprint density at radius 2 is 2.12 bits per heavy atom. The van der Waals surface area contributed by atoms with E-state index in [1.54, 1.807) is 0 Å². The van der Waals surface area contributed by atoms with Crippen LogP contribution in [-0.2, 0) is 0 Å². The first-order chi connectivity index (χ1) is 8.06. The molecule has 1 atom stereocenters. The van der Waals surface area contributed by atoms with E-state index in [-0.39, 0.29) is 0 Å². The molecule has 0 spiro atoms. The summed E-state index contributed by atoms with van der Waals surface area (Å²) in [5.41, 5.74) is 4.05. The Labute approximate surface area is 102 Å². The first-order valence-electron chi connectivity index (χ1n) is 6.21. The fourth-order valence-electron chi connectivity index (χ4n) is 2.19. The van der Waals surface area contributed by atoms with Crippen LogP contribution in [0.25, 0.3) is 5.65 Å². The van der Waals surface area contributed by atoms with Gasteiger partial charge < -0.3 is 9.51 Å². The molecule has 0 aromatic carbocycles. The fraction of sp³-hybridized carbons (Fsp3) is 0.500. The zero-order valence-electron chi connectivity index (χ0n) is 10.9. The molecule has 1 N–H and O–H groups in total. The number of hydrogen-bond donors (Lipinski definition) is 1. The Morgan fingerprint density at radius 3 is 2.71 bits per heavy atom. The van der Waals surface area contributed by atoms with Crippen LogP contribution in [0, 0.1) is 6.92 Å². The number of aliphatic hydroxyl groups excluding tert-OH is 1. The van der Waals surface area contributed by atoms with E-state index in [2.05, 4.69) is 31.8 Å². The first-order valence-corrected chi connectivity index (χ1v) is 6.21. The molecule has 3 nitrogen and oxygen atoms in total. The average Bonchev–Trinajstić information content (AvgIpc) is 2.69. The molecular formula is C14H20N2O. The zero-order valence-corrected chi connectivity index (χ0v) is 10.9. The van der Waals surface area contributed by atoms with Gasteiger partial charge in [0.2, 0.25) is 0 Å². The molecule has 17 heavy (non-hydrogen) atoms. The predicted octanol–water partition coefficient (Wildman–Crippen LogP) is 3.21. The molecule has 2 aromatic rings. The minimum atomic E-state index is -0.441. The van der Waals surface area contributed by atoms with Crippen molar-refractivity contribution in [2.45, 2.75) is 46.1 Å². The van der Waals surface area contributed by atoms with Gasteiger partial charge in [-0.15, -0.1) is 0 Å². The number of aliphatic hydroxyl groups is 1. The van der Waals surface area contributed by atoms with Crippen LogP contribution in [0.4, 0.5) is 0 Å². The number of pyridine rings is 1. The van der Waals surface area contributed by atoms with Gasteiger partial charge in [0.05, 0.1) is 17.5 Å². The van der Waals surface area contributed by atoms with E-state index >= 15 is 0 Å². The average molecular weight is 232 g/mol. The van der Waals surface area contributed by atoms with E-state index in [0.717, 1.165) is 22.6 Å². The van der Waals surface area contributed by atoms with Gasteiger partial charge in [-0.1, -0.05) is 26.8 Å². The summed E-state index contributed by atoms with van der Waals surface area (Å²) >= 11 is 0. The van der Waals surface area contributed by atoms with Crippen LogP contribution in [0.5, 0.6) is 0 Å². The van der Waals surface area contributed by atoms with E-state index in [4.69, 9.17) is 0 Å². The predicted molar refractivity (Wildman–Crippen MR) is 69.3 cm³/mol. The van der Waals surface area contributed by atoms with E-state index in [1.807, 2.05) is 23.6 Å². The molecule has 0 bridgehead atoms. The summed E-state index contributed by atoms with van der Waals surface area (Å²) < 4.78 is 2.03. The number of rotatable bonds is 3. The number of aromatic nitrogens is 2. The molecule has 0 saturated heterocycles. The SMILES string of the molecule is CCC(O)c1c(C(C)C)nc2c(C)cccn12. The highest BCUT2D eigenvalue weighted by molar-refractivity contribution is 5.51. The minimum absolute atomic E-state index is 0.325. The molecule has 3 heteroatoms. The molecule has 2 heterocycles. The summed E-state index contributed by atoms with van der Waals surface area (Å²) in [6.07, 6.45) is 2.25. The summed E-state index contributed by atoms with van der Waals surface area (Å²) in [6, 6.07) is 4.05. The van der Waals surface area contributed by atoms with Crippen molar-refractivity contribution in [1.29, 1.82) is 0 Å². The third-order valence-electron chi connectivity index (χ3n) is 3.16. The first kappa shape index (κ1) is 12.1. The Morgan fingerprint density at radius 1 is 1.41 bits per heavy atom. The van der Waals surface area contributed by atoms with Crippen molar-refractivity contribution >= 4 is 5.65 Å². The standard InChI is InChI=1S/C14H20N2O/c1-5-11(17)13-12(9(2)3)15-14-10(4)7-6-8-16(13)14/h6-9,11,17H,5H2,1-4H3. The van der Waals surface area contributed by atoms with Crippen molar-refractivity contribution in [3.05, 3.63) is 35.3 Å². The van der Waals surface area contributed by atoms with Crippen LogP contribution in [0.1, 0.15) is 56.2 Å². The number of aryl methyl sites for hydroxylation is 1. The highest BCUT2D eigenvalue weighted by Gasteiger charge is 2.20. The van der Waals surface area contributed by atoms with Gasteiger partial charge in [-0.25, -0.2) is 4.98 Å². The summed E-state index contributed by atoms with van der Waals surface area (Å²) in [6.45, 7) is 8.27. The third kappa shape index (κ3) is 1.95. The lowest BCUT2D eigenvalue weighted by Gasteiger charge is -2.12. The second kappa shape index (κ2) is 4.49. The van der Waals surface area contributed by atoms with E-state index in [9.17, 15) is 5.11 Å². The number of fused-ring (bicyclic) bond motifs is 1. The fourth-order valence-corrected chi connectivity index (χ4v) is 2.19. The lowest BCUT2D eigenvalue weighted by molar-refractivity contribution is 0.166. The normalized spacial score (nSPS) is 13.5. The molecule has 2 rings (SSSR count). The van der Waals surface area contributed by atoms with Crippen molar-refractivity contribution in [3.63, 3.8) is 0 Å². The van der Waals surface area contributed by atoms with Gasteiger partial charge in [-0.05, 0) is 30.9 Å². The summed E-state index contributed by atoms with van der Waals surface area (Å²) in [5, 5.41) is 10.2. The molecule has 0 radical (unpaired) electrons. The van der Waals surface area contributed by atoms with Crippen LogP contribution in [0.2, 0.25) is 0 Å². The van der Waals surface area contributed by atoms with Gasteiger partial charge in [0, 0.05) is 6.20 Å². The maximum atomic E-state index is 10.2. The molecule has 1 unspecified atom stereocenters. The maximum Gasteiger partial charge on any atom is 0.140 e. The van der Waals surface area contributed by atoms with Crippen molar-refractivity contribution in [1.82, 2.24) is 9.38 Å². The Balaban J connectivity index is 2.76. The smallest absolute Gasteiger partial charge is 0.140 e. The van der Waals surface area contributed by atoms with Gasteiger partial charge >= 0.3 is 0 Å². The van der Waals surface area contributed by atoms with Crippen LogP contribution < -0.4 is 0 Å². The van der Waals surface area contributed by atoms with Gasteiger partial charge in [0.15, 0.2) is 0 Å². The number of nitrogens with zero attached hydrogens (tertiary/aromatic N) is 2. The molecule has 92 valence electrons. The highest BCUT2D eigenvalue weighted by atomic mass is 16.3. The number of hydrogen-bond acceptors (Lipinski definition) is 2. The lowest BCUT2D eigenvalue weighted by atomic mass is 10.0. The molecule has 0 saturated carbocycles. The second-order valence-electron chi connectivity index (χ2n) is 4.85. The summed E-state index contributed by atoms with van der Waals surface area (Å²) in [4.78, 5) is 4.68. The number of imidazole rings is 1. The van der Waals surface area contributed by atoms with Gasteiger partial charge in [-0.2, -0.15) is 0 Å². The molecule has 0 aliphatic carbocycles. The maximum absolute atomic E-state index is 10.2. The van der Waals surface area contributed by atoms with Crippen molar-refractivity contribution in [2.75, 3.05) is 0 Å². The summed E-state index contributed by atoms with van der Waals surface area (Å²) in [7, 11) is 0. The molecular weight excluding hydrogens is 212 g/mol. The second-order valence-corrected chi connectivity index (χ2v) is 4.85. The summed E-state index contributed by atoms with van der Waals surface area (Å²) in [5.74, 6) is 0.325.